The van der Waals surface area contributed by atoms with Gasteiger partial charge in [0.1, 0.15) is 12.5 Å². The van der Waals surface area contributed by atoms with E-state index in [1.807, 2.05) is 5.01 Å². The van der Waals surface area contributed by atoms with Gasteiger partial charge in [-0.2, -0.15) is 0 Å². The molecule has 3 nitrogen and oxygen atoms in total. The molecule has 0 saturated heterocycles. The van der Waals surface area contributed by atoms with E-state index < -0.39 is 0 Å². The molecule has 70 valence electrons. The fourth-order valence-electron chi connectivity index (χ4n) is 1.38. The maximum Gasteiger partial charge on any atom is 0.143 e. The molecule has 0 radical (unpaired) electrons. The lowest BCUT2D eigenvalue weighted by Crippen LogP contribution is -2.34. The third-order valence-electron chi connectivity index (χ3n) is 2.28. The molecular formula is C10H15N3. The van der Waals surface area contributed by atoms with Crippen molar-refractivity contribution in [2.45, 2.75) is 20.8 Å². The average molecular weight is 177 g/mol. The highest BCUT2D eigenvalue weighted by Crippen LogP contribution is 2.28. The van der Waals surface area contributed by atoms with Crippen LogP contribution >= 0.6 is 0 Å². The lowest BCUT2D eigenvalue weighted by molar-refractivity contribution is 0.427. The van der Waals surface area contributed by atoms with Crippen molar-refractivity contribution in [1.82, 2.24) is 10.4 Å². The molecule has 0 fully saturated rings. The Kier molecular flexibility index (Phi) is 1.77. The van der Waals surface area contributed by atoms with Crippen molar-refractivity contribution in [3.05, 3.63) is 23.9 Å². The van der Waals surface area contributed by atoms with Gasteiger partial charge in [0.05, 0.1) is 0 Å². The van der Waals surface area contributed by atoms with Crippen LogP contribution < -0.4 is 5.43 Å². The van der Waals surface area contributed by atoms with Gasteiger partial charge < -0.3 is 0 Å². The lowest BCUT2D eigenvalue weighted by atomic mass is 9.86. The van der Waals surface area contributed by atoms with Crippen LogP contribution in [0.4, 0.5) is 0 Å². The third kappa shape index (κ3) is 1.52. The fourth-order valence-corrected chi connectivity index (χ4v) is 1.38. The monoisotopic (exact) mass is 177 g/mol. The normalized spacial score (nSPS) is 21.3. The van der Waals surface area contributed by atoms with Crippen LogP contribution in [0.5, 0.6) is 0 Å². The zero-order valence-corrected chi connectivity index (χ0v) is 8.33. The highest BCUT2D eigenvalue weighted by atomic mass is 15.6. The zero-order chi connectivity index (χ0) is 9.47. The van der Waals surface area contributed by atoms with Gasteiger partial charge in [-0.25, -0.2) is 10.4 Å². The molecule has 13 heavy (non-hydrogen) atoms. The third-order valence-corrected chi connectivity index (χ3v) is 2.28. The Bertz CT molecular complexity index is 305. The first-order valence-corrected chi connectivity index (χ1v) is 4.55. The van der Waals surface area contributed by atoms with E-state index in [4.69, 9.17) is 0 Å². The SMILES string of the molecule is CC(C)(C)C1=CN2NCN=C2C=C1. The maximum atomic E-state index is 4.27. The molecule has 0 spiro atoms. The molecule has 0 atom stereocenters. The fraction of sp³-hybridized carbons (Fsp3) is 0.500. The van der Waals surface area contributed by atoms with Gasteiger partial charge in [-0.1, -0.05) is 26.8 Å². The van der Waals surface area contributed by atoms with Crippen LogP contribution in [0.1, 0.15) is 20.8 Å². The van der Waals surface area contributed by atoms with E-state index in [1.54, 1.807) is 0 Å². The Morgan fingerprint density at radius 3 is 2.85 bits per heavy atom. The van der Waals surface area contributed by atoms with Gasteiger partial charge in [0.15, 0.2) is 0 Å². The number of nitrogens with one attached hydrogen (secondary N) is 1. The summed E-state index contributed by atoms with van der Waals surface area (Å²) < 4.78 is 0. The molecule has 3 heteroatoms. The van der Waals surface area contributed by atoms with Crippen LogP contribution in [0.2, 0.25) is 0 Å². The van der Waals surface area contributed by atoms with E-state index in [-0.39, 0.29) is 5.41 Å². The van der Waals surface area contributed by atoms with Gasteiger partial charge in [-0.15, -0.1) is 0 Å². The standard InChI is InChI=1S/C10H15N3/c1-10(2,3)8-4-5-9-11-7-12-13(9)6-8/h4-6,12H,7H2,1-3H3. The molecule has 0 bridgehead atoms. The second-order valence-corrected chi connectivity index (χ2v) is 4.37. The molecule has 0 aromatic carbocycles. The van der Waals surface area contributed by atoms with E-state index >= 15 is 0 Å². The first-order valence-electron chi connectivity index (χ1n) is 4.55. The number of hydrogen-bond acceptors (Lipinski definition) is 3. The zero-order valence-electron chi connectivity index (χ0n) is 8.33. The molecule has 2 heterocycles. The van der Waals surface area contributed by atoms with Crippen molar-refractivity contribution in [2.24, 2.45) is 10.4 Å². The minimum atomic E-state index is 0.201. The number of allylic oxidation sites excluding steroid dienone is 2. The van der Waals surface area contributed by atoms with Crippen molar-refractivity contribution in [3.8, 4) is 0 Å². The minimum Gasteiger partial charge on any atom is -0.265 e. The largest absolute Gasteiger partial charge is 0.265 e. The predicted octanol–water partition coefficient (Wildman–Crippen LogP) is 1.66. The summed E-state index contributed by atoms with van der Waals surface area (Å²) in [4.78, 5) is 4.27. The van der Waals surface area contributed by atoms with E-state index in [1.165, 1.54) is 5.57 Å². The van der Waals surface area contributed by atoms with E-state index in [0.29, 0.717) is 6.67 Å². The summed E-state index contributed by atoms with van der Waals surface area (Å²) in [6.45, 7) is 7.32. The lowest BCUT2D eigenvalue weighted by Gasteiger charge is -2.26. The average Bonchev–Trinajstić information content (AvgIpc) is 2.47. The van der Waals surface area contributed by atoms with E-state index in [2.05, 4.69) is 49.5 Å². The molecule has 0 amide bonds. The number of rotatable bonds is 0. The van der Waals surface area contributed by atoms with Crippen LogP contribution in [0.25, 0.3) is 0 Å². The molecule has 2 aliphatic heterocycles. The Hall–Kier alpha value is -1.09. The molecule has 2 aliphatic rings. The van der Waals surface area contributed by atoms with Crippen molar-refractivity contribution >= 4 is 5.84 Å². The molecule has 2 rings (SSSR count). The summed E-state index contributed by atoms with van der Waals surface area (Å²) >= 11 is 0. The molecule has 0 saturated carbocycles. The first-order chi connectivity index (χ1) is 6.07. The second-order valence-electron chi connectivity index (χ2n) is 4.37. The van der Waals surface area contributed by atoms with Crippen molar-refractivity contribution in [3.63, 3.8) is 0 Å². The first kappa shape index (κ1) is 8.51. The van der Waals surface area contributed by atoms with Gasteiger partial charge in [-0.05, 0) is 17.1 Å². The summed E-state index contributed by atoms with van der Waals surface area (Å²) in [7, 11) is 0. The van der Waals surface area contributed by atoms with Crippen molar-refractivity contribution in [2.75, 3.05) is 6.67 Å². The van der Waals surface area contributed by atoms with Gasteiger partial charge in [0, 0.05) is 6.20 Å². The van der Waals surface area contributed by atoms with Crippen LogP contribution in [0, 0.1) is 5.41 Å². The highest BCUT2D eigenvalue weighted by molar-refractivity contribution is 5.95. The summed E-state index contributed by atoms with van der Waals surface area (Å²) in [6.07, 6.45) is 6.31. The summed E-state index contributed by atoms with van der Waals surface area (Å²) in [5, 5.41) is 1.99. The molecular weight excluding hydrogens is 162 g/mol. The van der Waals surface area contributed by atoms with E-state index in [0.717, 1.165) is 5.84 Å². The number of fused-ring (bicyclic) bond motifs is 1. The smallest absolute Gasteiger partial charge is 0.143 e. The Morgan fingerprint density at radius 1 is 1.38 bits per heavy atom. The van der Waals surface area contributed by atoms with Crippen LogP contribution in [0.3, 0.4) is 0 Å². The second kappa shape index (κ2) is 2.70. The minimum absolute atomic E-state index is 0.201. The summed E-state index contributed by atoms with van der Waals surface area (Å²) in [5.41, 5.74) is 4.68. The van der Waals surface area contributed by atoms with Crippen LogP contribution in [-0.2, 0) is 0 Å². The number of nitrogens with zero attached hydrogens (tertiary/aromatic N) is 2. The molecule has 0 aromatic heterocycles. The molecule has 0 unspecified atom stereocenters. The van der Waals surface area contributed by atoms with Gasteiger partial charge >= 0.3 is 0 Å². The number of hydrogen-bond donors (Lipinski definition) is 1. The Labute approximate surface area is 78.8 Å². The van der Waals surface area contributed by atoms with Crippen molar-refractivity contribution in [1.29, 1.82) is 0 Å². The van der Waals surface area contributed by atoms with Gasteiger partial charge in [0.25, 0.3) is 0 Å². The molecule has 1 N–H and O–H groups in total. The summed E-state index contributed by atoms with van der Waals surface area (Å²) in [5.74, 6) is 1.01. The highest BCUT2D eigenvalue weighted by Gasteiger charge is 2.22. The number of hydrazine groups is 1. The predicted molar refractivity (Wildman–Crippen MR) is 54.0 cm³/mol. The quantitative estimate of drug-likeness (QED) is 0.609. The van der Waals surface area contributed by atoms with Crippen molar-refractivity contribution < 1.29 is 0 Å². The Balaban J connectivity index is 2.27. The number of amidine groups is 1. The van der Waals surface area contributed by atoms with E-state index in [9.17, 15) is 0 Å². The molecule has 0 aromatic rings. The van der Waals surface area contributed by atoms with Gasteiger partial charge in [0.2, 0.25) is 0 Å². The molecule has 0 aliphatic carbocycles. The van der Waals surface area contributed by atoms with Crippen LogP contribution in [-0.4, -0.2) is 17.5 Å². The summed E-state index contributed by atoms with van der Waals surface area (Å²) in [6, 6.07) is 0. The van der Waals surface area contributed by atoms with Crippen LogP contribution in [0.15, 0.2) is 28.9 Å². The van der Waals surface area contributed by atoms with Gasteiger partial charge in [-0.3, -0.25) is 5.01 Å². The maximum absolute atomic E-state index is 4.27. The number of aliphatic imine (C=N–C) groups is 1. The topological polar surface area (TPSA) is 27.6 Å². The Morgan fingerprint density at radius 2 is 2.15 bits per heavy atom.